The highest BCUT2D eigenvalue weighted by Gasteiger charge is 2.37. The Morgan fingerprint density at radius 1 is 1.12 bits per heavy atom. The van der Waals surface area contributed by atoms with Gasteiger partial charge in [-0.05, 0) is 18.2 Å². The molecule has 0 spiro atoms. The average molecular weight is 219 g/mol. The fourth-order valence-corrected chi connectivity index (χ4v) is 1.61. The summed E-state index contributed by atoms with van der Waals surface area (Å²) in [5.74, 6) is -1.71. The van der Waals surface area contributed by atoms with Gasteiger partial charge in [0.25, 0.3) is 0 Å². The molecule has 0 radical (unpaired) electrons. The monoisotopic (exact) mass is 219 g/mol. The first kappa shape index (κ1) is 10.5. The second-order valence-electron chi connectivity index (χ2n) is 3.45. The molecule has 2 N–H and O–H groups in total. The van der Waals surface area contributed by atoms with E-state index in [2.05, 4.69) is 0 Å². The highest BCUT2D eigenvalue weighted by molar-refractivity contribution is 6.53. The maximum absolute atomic E-state index is 11.6. The Morgan fingerprint density at radius 3 is 2.44 bits per heavy atom. The number of rotatable bonds is 1. The molecule has 1 atom stereocenters. The Balaban J connectivity index is 2.64. The highest BCUT2D eigenvalue weighted by atomic mass is 16.5. The van der Waals surface area contributed by atoms with Gasteiger partial charge in [0.05, 0.1) is 7.11 Å². The van der Waals surface area contributed by atoms with E-state index < -0.39 is 23.4 Å². The fourth-order valence-electron chi connectivity index (χ4n) is 1.61. The van der Waals surface area contributed by atoms with Crippen molar-refractivity contribution in [3.8, 4) is 5.75 Å². The van der Waals surface area contributed by atoms with E-state index in [4.69, 9.17) is 10.5 Å². The van der Waals surface area contributed by atoms with Crippen LogP contribution in [0.4, 0.5) is 0 Å². The lowest BCUT2D eigenvalue weighted by molar-refractivity contribution is -0.115. The van der Waals surface area contributed by atoms with Crippen LogP contribution in [0.15, 0.2) is 18.2 Å². The van der Waals surface area contributed by atoms with Crippen LogP contribution in [0.3, 0.4) is 0 Å². The first-order valence-corrected chi connectivity index (χ1v) is 4.62. The number of methoxy groups -OCH3 is 1. The maximum atomic E-state index is 11.6. The molecule has 82 valence electrons. The Kier molecular flexibility index (Phi) is 2.32. The van der Waals surface area contributed by atoms with Gasteiger partial charge in [-0.2, -0.15) is 0 Å². The molecule has 5 heteroatoms. The number of fused-ring (bicyclic) bond motifs is 1. The van der Waals surface area contributed by atoms with Gasteiger partial charge in [-0.1, -0.05) is 0 Å². The number of nitrogens with two attached hydrogens (primary N) is 1. The molecule has 1 unspecified atom stereocenters. The molecule has 2 rings (SSSR count). The first-order valence-electron chi connectivity index (χ1n) is 4.62. The summed E-state index contributed by atoms with van der Waals surface area (Å²) in [6.07, 6.45) is 0. The number of Topliss-reactive ketones (excluding diaryl/α,β-unsaturated/α-hetero) is 3. The first-order chi connectivity index (χ1) is 7.56. The van der Waals surface area contributed by atoms with Crippen molar-refractivity contribution < 1.29 is 19.1 Å². The molecule has 0 bridgehead atoms. The van der Waals surface area contributed by atoms with Gasteiger partial charge in [-0.3, -0.25) is 14.4 Å². The van der Waals surface area contributed by atoms with E-state index in [1.54, 1.807) is 6.07 Å². The zero-order valence-corrected chi connectivity index (χ0v) is 8.52. The summed E-state index contributed by atoms with van der Waals surface area (Å²) >= 11 is 0. The van der Waals surface area contributed by atoms with E-state index in [0.717, 1.165) is 0 Å². The standard InChI is InChI=1S/C11H9NO4/c1-16-5-2-3-6-7(4-5)10(14)11(15)8(12)9(6)13/h2-4,8H,12H2,1H3. The van der Waals surface area contributed by atoms with E-state index in [1.807, 2.05) is 0 Å². The largest absolute Gasteiger partial charge is 0.497 e. The van der Waals surface area contributed by atoms with Gasteiger partial charge >= 0.3 is 0 Å². The number of hydrogen-bond donors (Lipinski definition) is 1. The molecule has 0 aromatic heterocycles. The third-order valence-electron chi connectivity index (χ3n) is 2.53. The maximum Gasteiger partial charge on any atom is 0.231 e. The van der Waals surface area contributed by atoms with Crippen LogP contribution < -0.4 is 10.5 Å². The molecule has 1 aliphatic rings. The molecular formula is C11H9NO4. The van der Waals surface area contributed by atoms with Crippen molar-refractivity contribution in [1.29, 1.82) is 0 Å². The predicted octanol–water partition coefficient (Wildman–Crippen LogP) is -0.0294. The van der Waals surface area contributed by atoms with Crippen LogP contribution in [0.25, 0.3) is 0 Å². The lowest BCUT2D eigenvalue weighted by Crippen LogP contribution is -2.47. The molecule has 0 aliphatic heterocycles. The summed E-state index contributed by atoms with van der Waals surface area (Å²) in [5.41, 5.74) is 5.59. The SMILES string of the molecule is COc1ccc2c(c1)C(=O)C(=O)C(N)C2=O. The number of hydrogen-bond acceptors (Lipinski definition) is 5. The van der Waals surface area contributed by atoms with Crippen molar-refractivity contribution >= 4 is 17.3 Å². The van der Waals surface area contributed by atoms with Crippen LogP contribution >= 0.6 is 0 Å². The fraction of sp³-hybridized carbons (Fsp3) is 0.182. The minimum absolute atomic E-state index is 0.0658. The number of ketones is 3. The summed E-state index contributed by atoms with van der Waals surface area (Å²) in [7, 11) is 1.43. The zero-order chi connectivity index (χ0) is 11.9. The second kappa shape index (κ2) is 3.53. The number of carbonyl (C=O) groups excluding carboxylic acids is 3. The lowest BCUT2D eigenvalue weighted by atomic mass is 9.85. The molecule has 0 saturated heterocycles. The summed E-state index contributed by atoms with van der Waals surface area (Å²) in [6, 6.07) is 3.00. The topological polar surface area (TPSA) is 86.5 Å². The van der Waals surface area contributed by atoms with Crippen molar-refractivity contribution in [1.82, 2.24) is 0 Å². The molecule has 0 heterocycles. The average Bonchev–Trinajstić information content (AvgIpc) is 2.33. The van der Waals surface area contributed by atoms with Crippen LogP contribution in [0.1, 0.15) is 20.7 Å². The van der Waals surface area contributed by atoms with Gasteiger partial charge in [0, 0.05) is 11.1 Å². The van der Waals surface area contributed by atoms with Crippen molar-refractivity contribution in [2.45, 2.75) is 6.04 Å². The third-order valence-corrected chi connectivity index (χ3v) is 2.53. The Morgan fingerprint density at radius 2 is 1.81 bits per heavy atom. The van der Waals surface area contributed by atoms with E-state index >= 15 is 0 Å². The predicted molar refractivity (Wildman–Crippen MR) is 54.6 cm³/mol. The molecular weight excluding hydrogens is 210 g/mol. The van der Waals surface area contributed by atoms with Gasteiger partial charge in [-0.15, -0.1) is 0 Å². The van der Waals surface area contributed by atoms with E-state index in [9.17, 15) is 14.4 Å². The minimum atomic E-state index is -1.37. The second-order valence-corrected chi connectivity index (χ2v) is 3.45. The quantitative estimate of drug-likeness (QED) is 0.529. The molecule has 0 amide bonds. The van der Waals surface area contributed by atoms with Gasteiger partial charge in [0.15, 0.2) is 5.78 Å². The zero-order valence-electron chi connectivity index (χ0n) is 8.52. The van der Waals surface area contributed by atoms with Gasteiger partial charge in [-0.25, -0.2) is 0 Å². The number of carbonyl (C=O) groups is 3. The third kappa shape index (κ3) is 1.33. The number of benzene rings is 1. The van der Waals surface area contributed by atoms with Gasteiger partial charge in [0.1, 0.15) is 11.8 Å². The van der Waals surface area contributed by atoms with E-state index in [1.165, 1.54) is 19.2 Å². The van der Waals surface area contributed by atoms with Crippen molar-refractivity contribution in [3.63, 3.8) is 0 Å². The Labute approximate surface area is 91.2 Å². The smallest absolute Gasteiger partial charge is 0.231 e. The summed E-state index contributed by atoms with van der Waals surface area (Å²) in [6.45, 7) is 0. The van der Waals surface area contributed by atoms with Gasteiger partial charge in [0.2, 0.25) is 11.6 Å². The molecule has 1 aromatic rings. The molecule has 0 saturated carbocycles. The van der Waals surface area contributed by atoms with Crippen molar-refractivity contribution in [2.75, 3.05) is 7.11 Å². The summed E-state index contributed by atoms with van der Waals surface area (Å²) < 4.78 is 4.92. The summed E-state index contributed by atoms with van der Waals surface area (Å²) in [5, 5.41) is 0. The van der Waals surface area contributed by atoms with Crippen LogP contribution in [-0.2, 0) is 4.79 Å². The van der Waals surface area contributed by atoms with Crippen LogP contribution in [0, 0.1) is 0 Å². The minimum Gasteiger partial charge on any atom is -0.497 e. The Bertz CT molecular complexity index is 507. The van der Waals surface area contributed by atoms with Crippen molar-refractivity contribution in [2.24, 2.45) is 5.73 Å². The molecule has 0 fully saturated rings. The normalized spacial score (nSPS) is 19.6. The van der Waals surface area contributed by atoms with Crippen LogP contribution in [0.2, 0.25) is 0 Å². The Hall–Kier alpha value is -2.01. The molecule has 1 aliphatic carbocycles. The number of ether oxygens (including phenoxy) is 1. The molecule has 1 aromatic carbocycles. The lowest BCUT2D eigenvalue weighted by Gasteiger charge is -2.18. The molecule has 5 nitrogen and oxygen atoms in total. The molecule has 16 heavy (non-hydrogen) atoms. The van der Waals surface area contributed by atoms with Crippen molar-refractivity contribution in [3.05, 3.63) is 29.3 Å². The van der Waals surface area contributed by atoms with E-state index in [-0.39, 0.29) is 11.1 Å². The van der Waals surface area contributed by atoms with E-state index in [0.29, 0.717) is 5.75 Å². The van der Waals surface area contributed by atoms with Gasteiger partial charge < -0.3 is 10.5 Å². The van der Waals surface area contributed by atoms with Crippen LogP contribution in [0.5, 0.6) is 5.75 Å². The van der Waals surface area contributed by atoms with Crippen LogP contribution in [-0.4, -0.2) is 30.5 Å². The highest BCUT2D eigenvalue weighted by Crippen LogP contribution is 2.23. The summed E-state index contributed by atoms with van der Waals surface area (Å²) in [4.78, 5) is 34.6.